The van der Waals surface area contributed by atoms with Crippen LogP contribution in [-0.2, 0) is 0 Å². The Morgan fingerprint density at radius 3 is 1.85 bits per heavy atom. The first-order chi connectivity index (χ1) is 25.8. The topological polar surface area (TPSA) is 56.7 Å². The normalized spacial score (nSPS) is 12.2. The van der Waals surface area contributed by atoms with E-state index in [1.165, 1.54) is 54.2 Å². The minimum atomic E-state index is 0.574. The molecule has 5 heteroatoms. The number of rotatable bonds is 4. The zero-order valence-electron chi connectivity index (χ0n) is 27.7. The molecule has 0 aliphatic heterocycles. The molecule has 0 unspecified atom stereocenters. The minimum absolute atomic E-state index is 0.574. The van der Waals surface area contributed by atoms with Crippen LogP contribution in [-0.4, -0.2) is 19.5 Å². The molecular weight excluding hydrogens is 637 g/mol. The number of fused-ring (bicyclic) bond motifs is 4. The molecule has 9 aromatic carbocycles. The molecule has 0 spiro atoms. The van der Waals surface area contributed by atoms with Gasteiger partial charge in [-0.05, 0) is 56.9 Å². The summed E-state index contributed by atoms with van der Waals surface area (Å²) < 4.78 is 8.55. The molecule has 240 valence electrons. The van der Waals surface area contributed by atoms with Gasteiger partial charge in [0.15, 0.2) is 11.6 Å². The van der Waals surface area contributed by atoms with Crippen LogP contribution in [0, 0.1) is 0 Å². The Kier molecular flexibility index (Phi) is 5.44. The third-order valence-corrected chi connectivity index (χ3v) is 10.8. The van der Waals surface area contributed by atoms with Crippen LogP contribution in [0.5, 0.6) is 0 Å². The molecule has 0 saturated carbocycles. The highest BCUT2D eigenvalue weighted by Crippen LogP contribution is 2.49. The van der Waals surface area contributed by atoms with Gasteiger partial charge in [0.1, 0.15) is 11.2 Å². The quantitative estimate of drug-likeness (QED) is 0.139. The summed E-state index contributed by atoms with van der Waals surface area (Å²) in [5.74, 6) is 1.78. The van der Waals surface area contributed by atoms with Gasteiger partial charge in [-0.2, -0.15) is 9.97 Å². The second-order valence-electron chi connectivity index (χ2n) is 13.5. The van der Waals surface area contributed by atoms with E-state index >= 15 is 0 Å². The van der Waals surface area contributed by atoms with E-state index in [0.717, 1.165) is 44.1 Å². The van der Waals surface area contributed by atoms with Crippen molar-refractivity contribution >= 4 is 76.1 Å². The molecule has 3 heterocycles. The number of hydrogen-bond acceptors (Lipinski definition) is 4. The highest BCUT2D eigenvalue weighted by molar-refractivity contribution is 6.41. The number of benzene rings is 9. The van der Waals surface area contributed by atoms with E-state index < -0.39 is 0 Å². The molecule has 0 aliphatic rings. The largest absolute Gasteiger partial charge is 0.456 e. The van der Waals surface area contributed by atoms with Crippen molar-refractivity contribution in [3.05, 3.63) is 158 Å². The van der Waals surface area contributed by atoms with Crippen LogP contribution in [0.15, 0.2) is 162 Å². The summed E-state index contributed by atoms with van der Waals surface area (Å²) in [6.07, 6.45) is 0. The predicted octanol–water partition coefficient (Wildman–Crippen LogP) is 12.2. The third kappa shape index (κ3) is 3.69. The Balaban J connectivity index is 1.25. The number of nitrogens with zero attached hydrogens (tertiary/aromatic N) is 4. The Morgan fingerprint density at radius 1 is 0.365 bits per heavy atom. The van der Waals surface area contributed by atoms with E-state index in [0.29, 0.717) is 17.6 Å². The first-order valence-electron chi connectivity index (χ1n) is 17.5. The fraction of sp³-hybridized carbons (Fsp3) is 0. The highest BCUT2D eigenvalue weighted by atomic mass is 16.3. The molecule has 0 radical (unpaired) electrons. The van der Waals surface area contributed by atoms with Gasteiger partial charge in [-0.3, -0.25) is 4.57 Å². The van der Waals surface area contributed by atoms with Crippen LogP contribution in [0.25, 0.3) is 116 Å². The van der Waals surface area contributed by atoms with Gasteiger partial charge in [0.2, 0.25) is 5.95 Å². The number of hydrogen-bond donors (Lipinski definition) is 0. The van der Waals surface area contributed by atoms with Crippen LogP contribution in [0.3, 0.4) is 0 Å². The summed E-state index contributed by atoms with van der Waals surface area (Å²) in [6, 6.07) is 55.4. The molecule has 0 fully saturated rings. The smallest absolute Gasteiger partial charge is 0.238 e. The van der Waals surface area contributed by atoms with Crippen molar-refractivity contribution in [1.29, 1.82) is 0 Å². The maximum atomic E-state index is 6.30. The molecule has 0 bridgehead atoms. The summed E-state index contributed by atoms with van der Waals surface area (Å²) in [7, 11) is 0. The maximum Gasteiger partial charge on any atom is 0.238 e. The molecular formula is C47H26N4O. The van der Waals surface area contributed by atoms with E-state index in [1.807, 2.05) is 48.5 Å². The fourth-order valence-electron chi connectivity index (χ4n) is 8.61. The number of para-hydroxylation sites is 1. The second kappa shape index (κ2) is 10.2. The monoisotopic (exact) mass is 662 g/mol. The molecule has 52 heavy (non-hydrogen) atoms. The van der Waals surface area contributed by atoms with Crippen LogP contribution in [0.1, 0.15) is 0 Å². The van der Waals surface area contributed by atoms with Crippen molar-refractivity contribution in [3.63, 3.8) is 0 Å². The predicted molar refractivity (Wildman–Crippen MR) is 213 cm³/mol. The summed E-state index contributed by atoms with van der Waals surface area (Å²) in [5, 5.41) is 12.0. The van der Waals surface area contributed by atoms with E-state index in [2.05, 4.69) is 114 Å². The summed E-state index contributed by atoms with van der Waals surface area (Å²) in [6.45, 7) is 0. The number of aromatic nitrogens is 4. The van der Waals surface area contributed by atoms with Crippen molar-refractivity contribution in [2.24, 2.45) is 0 Å². The fourth-order valence-corrected chi connectivity index (χ4v) is 8.61. The molecule has 0 atom stereocenters. The average Bonchev–Trinajstić information content (AvgIpc) is 3.77. The van der Waals surface area contributed by atoms with Crippen molar-refractivity contribution in [1.82, 2.24) is 19.5 Å². The first-order valence-corrected chi connectivity index (χ1v) is 17.5. The Bertz CT molecular complexity index is 3340. The van der Waals surface area contributed by atoms with Gasteiger partial charge in [-0.25, -0.2) is 4.98 Å². The molecule has 0 saturated heterocycles. The lowest BCUT2D eigenvalue weighted by Crippen LogP contribution is -2.06. The Hall–Kier alpha value is -7.11. The SMILES string of the molecule is c1ccc(-c2nc(-c3cccc4oc5ccccc5c34)nc(-n3c4ccc(-c5ccccc5)c5c6cccc7ccc8ccc3c(c8c76)c54)n2)cc1. The Labute approximate surface area is 296 Å². The molecule has 0 N–H and O–H groups in total. The zero-order chi connectivity index (χ0) is 33.9. The Morgan fingerprint density at radius 2 is 1.00 bits per heavy atom. The minimum Gasteiger partial charge on any atom is -0.456 e. The second-order valence-corrected chi connectivity index (χ2v) is 13.5. The summed E-state index contributed by atoms with van der Waals surface area (Å²) in [4.78, 5) is 15.8. The number of furan rings is 1. The standard InChI is InChI=1S/C47H26N4O/c1-3-11-27(12-4-1)31-24-26-36-44-42(31)33-17-9-15-28-21-22-29-23-25-35(43(44)40(29)39(28)33)51(36)47-49-45(30-13-5-2-6-14-30)48-46(50-47)34-18-10-20-38-41(34)32-16-7-8-19-37(32)52-38/h1-26H. The van der Waals surface area contributed by atoms with E-state index in [-0.39, 0.29) is 0 Å². The highest BCUT2D eigenvalue weighted by Gasteiger charge is 2.26. The lowest BCUT2D eigenvalue weighted by atomic mass is 9.86. The van der Waals surface area contributed by atoms with Gasteiger partial charge >= 0.3 is 0 Å². The maximum absolute atomic E-state index is 6.30. The average molecular weight is 663 g/mol. The van der Waals surface area contributed by atoms with Crippen LogP contribution in [0.2, 0.25) is 0 Å². The van der Waals surface area contributed by atoms with E-state index in [9.17, 15) is 0 Å². The van der Waals surface area contributed by atoms with Gasteiger partial charge in [0, 0.05) is 43.4 Å². The molecule has 5 nitrogen and oxygen atoms in total. The third-order valence-electron chi connectivity index (χ3n) is 10.8. The van der Waals surface area contributed by atoms with Gasteiger partial charge in [0.25, 0.3) is 0 Å². The summed E-state index contributed by atoms with van der Waals surface area (Å²) >= 11 is 0. The van der Waals surface area contributed by atoms with Crippen molar-refractivity contribution in [2.45, 2.75) is 0 Å². The summed E-state index contributed by atoms with van der Waals surface area (Å²) in [5.41, 5.74) is 8.00. The van der Waals surface area contributed by atoms with Crippen LogP contribution >= 0.6 is 0 Å². The van der Waals surface area contributed by atoms with Gasteiger partial charge < -0.3 is 4.42 Å². The van der Waals surface area contributed by atoms with Crippen molar-refractivity contribution < 1.29 is 4.42 Å². The van der Waals surface area contributed by atoms with Crippen molar-refractivity contribution in [3.8, 4) is 39.9 Å². The first kappa shape index (κ1) is 27.7. The molecule has 0 amide bonds. The molecule has 0 aliphatic carbocycles. The van der Waals surface area contributed by atoms with Crippen molar-refractivity contribution in [2.75, 3.05) is 0 Å². The lowest BCUT2D eigenvalue weighted by Gasteiger charge is -2.16. The van der Waals surface area contributed by atoms with Crippen LogP contribution < -0.4 is 0 Å². The van der Waals surface area contributed by atoms with Gasteiger partial charge in [0.05, 0.1) is 11.0 Å². The van der Waals surface area contributed by atoms with E-state index in [4.69, 9.17) is 19.4 Å². The van der Waals surface area contributed by atoms with Gasteiger partial charge in [-0.15, -0.1) is 0 Å². The molecule has 12 aromatic rings. The molecule has 12 rings (SSSR count). The zero-order valence-corrected chi connectivity index (χ0v) is 27.7. The van der Waals surface area contributed by atoms with Crippen LogP contribution in [0.4, 0.5) is 0 Å². The molecule has 3 aromatic heterocycles. The lowest BCUT2D eigenvalue weighted by molar-refractivity contribution is 0.669. The van der Waals surface area contributed by atoms with Gasteiger partial charge in [-0.1, -0.05) is 133 Å². The van der Waals surface area contributed by atoms with E-state index in [1.54, 1.807) is 0 Å².